The van der Waals surface area contributed by atoms with Crippen molar-refractivity contribution in [1.82, 2.24) is 4.90 Å². The maximum atomic E-state index is 11.7. The Morgan fingerprint density at radius 1 is 1.71 bits per heavy atom. The molecule has 0 spiro atoms. The molecule has 0 aromatic rings. The molecule has 0 saturated carbocycles. The maximum absolute atomic E-state index is 11.7. The summed E-state index contributed by atoms with van der Waals surface area (Å²) < 4.78 is 0. The molecule has 5 heteroatoms. The van der Waals surface area contributed by atoms with Crippen LogP contribution >= 0.6 is 24.2 Å². The van der Waals surface area contributed by atoms with Gasteiger partial charge in [0.2, 0.25) is 5.91 Å². The van der Waals surface area contributed by atoms with Crippen LogP contribution in [0.4, 0.5) is 0 Å². The quantitative estimate of drug-likeness (QED) is 0.797. The standard InChI is InChI=1S/C9H18N2OS.ClH/c1-7(6-13-2)9(12)11-4-3-8(10)5-11;/h7-8H,3-6,10H2,1-2H3;1H. The van der Waals surface area contributed by atoms with Crippen LogP contribution in [0.3, 0.4) is 0 Å². The minimum atomic E-state index is 0. The third kappa shape index (κ3) is 3.67. The summed E-state index contributed by atoms with van der Waals surface area (Å²) in [5, 5.41) is 0. The highest BCUT2D eigenvalue weighted by Crippen LogP contribution is 2.13. The second kappa shape index (κ2) is 6.53. The number of thioether (sulfide) groups is 1. The van der Waals surface area contributed by atoms with Crippen molar-refractivity contribution < 1.29 is 4.79 Å². The maximum Gasteiger partial charge on any atom is 0.226 e. The van der Waals surface area contributed by atoms with Gasteiger partial charge in [-0.1, -0.05) is 6.92 Å². The van der Waals surface area contributed by atoms with E-state index in [-0.39, 0.29) is 30.3 Å². The smallest absolute Gasteiger partial charge is 0.226 e. The number of hydrogen-bond acceptors (Lipinski definition) is 3. The molecule has 0 aliphatic carbocycles. The number of amides is 1. The van der Waals surface area contributed by atoms with Crippen LogP contribution in [-0.2, 0) is 4.79 Å². The number of carbonyl (C=O) groups is 1. The molecule has 0 bridgehead atoms. The van der Waals surface area contributed by atoms with Gasteiger partial charge in [-0.2, -0.15) is 11.8 Å². The van der Waals surface area contributed by atoms with Crippen molar-refractivity contribution in [3.8, 4) is 0 Å². The number of nitrogens with zero attached hydrogens (tertiary/aromatic N) is 1. The average molecular weight is 239 g/mol. The minimum absolute atomic E-state index is 0. The lowest BCUT2D eigenvalue weighted by atomic mass is 10.2. The number of rotatable bonds is 3. The predicted octanol–water partition coefficient (Wildman–Crippen LogP) is 0.967. The van der Waals surface area contributed by atoms with Gasteiger partial charge in [0.1, 0.15) is 0 Å². The first-order valence-corrected chi connectivity index (χ1v) is 6.08. The molecule has 2 unspecified atom stereocenters. The summed E-state index contributed by atoms with van der Waals surface area (Å²) in [6, 6.07) is 0.199. The van der Waals surface area contributed by atoms with Crippen LogP contribution in [0.15, 0.2) is 0 Å². The van der Waals surface area contributed by atoms with E-state index in [1.165, 1.54) is 0 Å². The molecule has 1 rings (SSSR count). The molecule has 1 fully saturated rings. The van der Waals surface area contributed by atoms with Crippen molar-refractivity contribution >= 4 is 30.1 Å². The second-order valence-electron chi connectivity index (χ2n) is 3.69. The molecule has 2 atom stereocenters. The van der Waals surface area contributed by atoms with Gasteiger partial charge in [-0.15, -0.1) is 12.4 Å². The molecule has 0 aromatic heterocycles. The lowest BCUT2D eigenvalue weighted by Gasteiger charge is -2.19. The largest absolute Gasteiger partial charge is 0.341 e. The third-order valence-electron chi connectivity index (χ3n) is 2.37. The Balaban J connectivity index is 0.00000169. The normalized spacial score (nSPS) is 23.1. The zero-order valence-corrected chi connectivity index (χ0v) is 10.4. The van der Waals surface area contributed by atoms with Gasteiger partial charge in [-0.25, -0.2) is 0 Å². The number of halogens is 1. The van der Waals surface area contributed by atoms with E-state index in [1.54, 1.807) is 11.8 Å². The van der Waals surface area contributed by atoms with Gasteiger partial charge in [0.05, 0.1) is 0 Å². The number of nitrogens with two attached hydrogens (primary N) is 1. The van der Waals surface area contributed by atoms with Gasteiger partial charge in [-0.3, -0.25) is 4.79 Å². The van der Waals surface area contributed by atoms with Crippen molar-refractivity contribution in [3.05, 3.63) is 0 Å². The Bertz CT molecular complexity index is 192. The van der Waals surface area contributed by atoms with E-state index in [2.05, 4.69) is 0 Å². The average Bonchev–Trinajstić information content (AvgIpc) is 2.51. The van der Waals surface area contributed by atoms with Crippen LogP contribution in [0, 0.1) is 5.92 Å². The number of carbonyl (C=O) groups excluding carboxylic acids is 1. The highest BCUT2D eigenvalue weighted by Gasteiger charge is 2.26. The Labute approximate surface area is 96.2 Å². The van der Waals surface area contributed by atoms with Crippen LogP contribution in [0.1, 0.15) is 13.3 Å². The lowest BCUT2D eigenvalue weighted by Crippen LogP contribution is -2.36. The van der Waals surface area contributed by atoms with Crippen molar-refractivity contribution in [2.75, 3.05) is 25.1 Å². The Morgan fingerprint density at radius 2 is 2.36 bits per heavy atom. The first-order chi connectivity index (χ1) is 6.15. The minimum Gasteiger partial charge on any atom is -0.341 e. The SMILES string of the molecule is CSCC(C)C(=O)N1CCC(N)C1.Cl. The molecule has 1 aliphatic heterocycles. The highest BCUT2D eigenvalue weighted by atomic mass is 35.5. The zero-order chi connectivity index (χ0) is 9.84. The monoisotopic (exact) mass is 238 g/mol. The molecule has 0 aromatic carbocycles. The van der Waals surface area contributed by atoms with E-state index < -0.39 is 0 Å². The molecule has 0 radical (unpaired) electrons. The molecule has 1 heterocycles. The molecule has 84 valence electrons. The summed E-state index contributed by atoms with van der Waals surface area (Å²) in [4.78, 5) is 13.6. The van der Waals surface area contributed by atoms with Gasteiger partial charge in [0, 0.05) is 30.8 Å². The molecular weight excluding hydrogens is 220 g/mol. The fraction of sp³-hybridized carbons (Fsp3) is 0.889. The fourth-order valence-electron chi connectivity index (χ4n) is 1.62. The molecule has 1 amide bonds. The molecule has 1 aliphatic rings. The van der Waals surface area contributed by atoms with Gasteiger partial charge in [0.15, 0.2) is 0 Å². The van der Waals surface area contributed by atoms with E-state index >= 15 is 0 Å². The third-order valence-corrected chi connectivity index (χ3v) is 3.21. The van der Waals surface area contributed by atoms with Crippen LogP contribution in [-0.4, -0.2) is 41.9 Å². The van der Waals surface area contributed by atoms with Gasteiger partial charge in [-0.05, 0) is 12.7 Å². The van der Waals surface area contributed by atoms with E-state index in [0.29, 0.717) is 0 Å². The van der Waals surface area contributed by atoms with Crippen molar-refractivity contribution in [3.63, 3.8) is 0 Å². The summed E-state index contributed by atoms with van der Waals surface area (Å²) in [6.07, 6.45) is 2.98. The second-order valence-corrected chi connectivity index (χ2v) is 4.60. The van der Waals surface area contributed by atoms with Crippen LogP contribution in [0.5, 0.6) is 0 Å². The molecule has 1 saturated heterocycles. The Morgan fingerprint density at radius 3 is 2.79 bits per heavy atom. The topological polar surface area (TPSA) is 46.3 Å². The summed E-state index contributed by atoms with van der Waals surface area (Å²) in [5.41, 5.74) is 5.74. The summed E-state index contributed by atoms with van der Waals surface area (Å²) in [6.45, 7) is 3.58. The summed E-state index contributed by atoms with van der Waals surface area (Å²) in [5.74, 6) is 1.31. The first-order valence-electron chi connectivity index (χ1n) is 4.68. The number of likely N-dealkylation sites (tertiary alicyclic amines) is 1. The van der Waals surface area contributed by atoms with Gasteiger partial charge in [0.25, 0.3) is 0 Å². The van der Waals surface area contributed by atoms with Crippen LogP contribution in [0.25, 0.3) is 0 Å². The molecular formula is C9H19ClN2OS. The van der Waals surface area contributed by atoms with E-state index in [4.69, 9.17) is 5.73 Å². The van der Waals surface area contributed by atoms with Crippen molar-refractivity contribution in [1.29, 1.82) is 0 Å². The molecule has 14 heavy (non-hydrogen) atoms. The number of hydrogen-bond donors (Lipinski definition) is 1. The Kier molecular flexibility index (Phi) is 6.57. The summed E-state index contributed by atoms with van der Waals surface area (Å²) in [7, 11) is 0. The van der Waals surface area contributed by atoms with Gasteiger partial charge < -0.3 is 10.6 Å². The van der Waals surface area contributed by atoms with Crippen LogP contribution < -0.4 is 5.73 Å². The van der Waals surface area contributed by atoms with E-state index in [0.717, 1.165) is 25.3 Å². The highest BCUT2D eigenvalue weighted by molar-refractivity contribution is 7.98. The van der Waals surface area contributed by atoms with Crippen LogP contribution in [0.2, 0.25) is 0 Å². The van der Waals surface area contributed by atoms with Crippen molar-refractivity contribution in [2.45, 2.75) is 19.4 Å². The fourth-order valence-corrected chi connectivity index (χ4v) is 2.26. The first kappa shape index (κ1) is 14.1. The lowest BCUT2D eigenvalue weighted by molar-refractivity contribution is -0.133. The Hall–Kier alpha value is 0.0700. The zero-order valence-electron chi connectivity index (χ0n) is 8.73. The molecule has 2 N–H and O–H groups in total. The summed E-state index contributed by atoms with van der Waals surface area (Å²) >= 11 is 1.72. The van der Waals surface area contributed by atoms with E-state index in [1.807, 2.05) is 18.1 Å². The van der Waals surface area contributed by atoms with Gasteiger partial charge >= 0.3 is 0 Å². The van der Waals surface area contributed by atoms with Crippen molar-refractivity contribution in [2.24, 2.45) is 11.7 Å². The predicted molar refractivity (Wildman–Crippen MR) is 64.0 cm³/mol. The van der Waals surface area contributed by atoms with E-state index in [9.17, 15) is 4.79 Å². The molecule has 3 nitrogen and oxygen atoms in total.